The van der Waals surface area contributed by atoms with Crippen LogP contribution in [-0.2, 0) is 0 Å². The molecule has 25 heavy (non-hydrogen) atoms. The van der Waals surface area contributed by atoms with Crippen molar-refractivity contribution in [3.63, 3.8) is 0 Å². The summed E-state index contributed by atoms with van der Waals surface area (Å²) in [5.41, 5.74) is 3.75. The SMILES string of the molecule is CC(=CC(C)(C)C)c1ccc(C(=O)Nc2ccc3c(c2)OCO3)cc1. The van der Waals surface area contributed by atoms with Gasteiger partial charge in [0.05, 0.1) is 0 Å². The predicted octanol–water partition coefficient (Wildman–Crippen LogP) is 5.12. The van der Waals surface area contributed by atoms with Crippen LogP contribution in [0.2, 0.25) is 0 Å². The molecule has 1 amide bonds. The van der Waals surface area contributed by atoms with E-state index in [0.29, 0.717) is 22.7 Å². The highest BCUT2D eigenvalue weighted by Gasteiger charge is 2.15. The molecule has 0 unspecified atom stereocenters. The molecule has 0 fully saturated rings. The Morgan fingerprint density at radius 1 is 1.00 bits per heavy atom. The van der Waals surface area contributed by atoms with Gasteiger partial charge in [0.2, 0.25) is 6.79 Å². The summed E-state index contributed by atoms with van der Waals surface area (Å²) in [7, 11) is 0. The normalized spacial score (nSPS) is 13.7. The van der Waals surface area contributed by atoms with Gasteiger partial charge in [0, 0.05) is 17.3 Å². The van der Waals surface area contributed by atoms with E-state index in [0.717, 1.165) is 5.56 Å². The summed E-state index contributed by atoms with van der Waals surface area (Å²) in [5, 5.41) is 2.89. The van der Waals surface area contributed by atoms with E-state index in [9.17, 15) is 4.79 Å². The number of amides is 1. The maximum Gasteiger partial charge on any atom is 0.255 e. The molecule has 3 rings (SSSR count). The first-order valence-corrected chi connectivity index (χ1v) is 8.33. The van der Waals surface area contributed by atoms with Gasteiger partial charge in [-0.1, -0.05) is 39.0 Å². The van der Waals surface area contributed by atoms with Crippen LogP contribution in [0.15, 0.2) is 48.5 Å². The maximum absolute atomic E-state index is 12.4. The number of rotatable bonds is 3. The molecule has 1 aliphatic rings. The molecular formula is C21H23NO3. The second-order valence-corrected chi connectivity index (χ2v) is 7.29. The molecule has 2 aromatic carbocycles. The van der Waals surface area contributed by atoms with Crippen LogP contribution in [-0.4, -0.2) is 12.7 Å². The van der Waals surface area contributed by atoms with Crippen LogP contribution < -0.4 is 14.8 Å². The minimum atomic E-state index is -0.150. The van der Waals surface area contributed by atoms with Gasteiger partial charge in [-0.25, -0.2) is 0 Å². The lowest BCUT2D eigenvalue weighted by Crippen LogP contribution is -2.11. The largest absolute Gasteiger partial charge is 0.454 e. The van der Waals surface area contributed by atoms with E-state index in [2.05, 4.69) is 39.1 Å². The zero-order chi connectivity index (χ0) is 18.0. The quantitative estimate of drug-likeness (QED) is 0.846. The Kier molecular flexibility index (Phi) is 4.53. The molecule has 130 valence electrons. The minimum absolute atomic E-state index is 0.124. The fourth-order valence-corrected chi connectivity index (χ4v) is 2.79. The number of allylic oxidation sites excluding steroid dienone is 2. The first kappa shape index (κ1) is 17.1. The Morgan fingerprint density at radius 3 is 2.32 bits per heavy atom. The van der Waals surface area contributed by atoms with Gasteiger partial charge < -0.3 is 14.8 Å². The van der Waals surface area contributed by atoms with Crippen molar-refractivity contribution in [1.29, 1.82) is 0 Å². The van der Waals surface area contributed by atoms with E-state index in [1.54, 1.807) is 18.2 Å². The molecule has 0 spiro atoms. The van der Waals surface area contributed by atoms with Gasteiger partial charge >= 0.3 is 0 Å². The summed E-state index contributed by atoms with van der Waals surface area (Å²) in [6, 6.07) is 13.0. The molecular weight excluding hydrogens is 314 g/mol. The second kappa shape index (κ2) is 6.63. The van der Waals surface area contributed by atoms with Crippen LogP contribution in [0.4, 0.5) is 5.69 Å². The van der Waals surface area contributed by atoms with Crippen molar-refractivity contribution in [2.45, 2.75) is 27.7 Å². The van der Waals surface area contributed by atoms with Crippen molar-refractivity contribution in [2.75, 3.05) is 12.1 Å². The van der Waals surface area contributed by atoms with Crippen molar-refractivity contribution in [3.05, 3.63) is 59.7 Å². The van der Waals surface area contributed by atoms with E-state index in [1.807, 2.05) is 24.3 Å². The summed E-state index contributed by atoms with van der Waals surface area (Å²) in [5.74, 6) is 1.20. The van der Waals surface area contributed by atoms with Crippen molar-refractivity contribution in [3.8, 4) is 11.5 Å². The summed E-state index contributed by atoms with van der Waals surface area (Å²) in [6.07, 6.45) is 2.23. The number of hydrogen-bond acceptors (Lipinski definition) is 3. The monoisotopic (exact) mass is 337 g/mol. The lowest BCUT2D eigenvalue weighted by Gasteiger charge is -2.14. The Bertz CT molecular complexity index is 814. The van der Waals surface area contributed by atoms with Crippen LogP contribution in [0, 0.1) is 5.41 Å². The van der Waals surface area contributed by atoms with Crippen molar-refractivity contribution >= 4 is 17.2 Å². The summed E-state index contributed by atoms with van der Waals surface area (Å²) < 4.78 is 10.6. The van der Waals surface area contributed by atoms with Gasteiger partial charge in [-0.3, -0.25) is 4.79 Å². The molecule has 0 saturated carbocycles. The van der Waals surface area contributed by atoms with E-state index in [-0.39, 0.29) is 18.1 Å². The van der Waals surface area contributed by atoms with E-state index < -0.39 is 0 Å². The molecule has 0 radical (unpaired) electrons. The molecule has 0 atom stereocenters. The molecule has 0 saturated heterocycles. The second-order valence-electron chi connectivity index (χ2n) is 7.29. The third kappa shape index (κ3) is 4.21. The number of hydrogen-bond donors (Lipinski definition) is 1. The van der Waals surface area contributed by atoms with Crippen LogP contribution in [0.25, 0.3) is 5.57 Å². The highest BCUT2D eigenvalue weighted by atomic mass is 16.7. The lowest BCUT2D eigenvalue weighted by molar-refractivity contribution is 0.102. The number of carbonyl (C=O) groups is 1. The molecule has 0 aliphatic carbocycles. The number of anilines is 1. The van der Waals surface area contributed by atoms with E-state index in [4.69, 9.17) is 9.47 Å². The van der Waals surface area contributed by atoms with Gasteiger partial charge in [-0.2, -0.15) is 0 Å². The number of fused-ring (bicyclic) bond motifs is 1. The molecule has 0 aromatic heterocycles. The fourth-order valence-electron chi connectivity index (χ4n) is 2.79. The summed E-state index contributed by atoms with van der Waals surface area (Å²) in [4.78, 5) is 12.4. The van der Waals surface area contributed by atoms with Gasteiger partial charge in [0.1, 0.15) is 0 Å². The summed E-state index contributed by atoms with van der Waals surface area (Å²) >= 11 is 0. The number of benzene rings is 2. The lowest BCUT2D eigenvalue weighted by atomic mass is 9.91. The Labute approximate surface area is 148 Å². The summed E-state index contributed by atoms with van der Waals surface area (Å²) in [6.45, 7) is 8.82. The standard InChI is InChI=1S/C21H23NO3/c1-14(12-21(2,3)4)15-5-7-16(8-6-15)20(23)22-17-9-10-18-19(11-17)25-13-24-18/h5-12H,13H2,1-4H3,(H,22,23). The Balaban J connectivity index is 1.72. The Hall–Kier alpha value is -2.75. The first-order chi connectivity index (χ1) is 11.8. The third-order valence-electron chi connectivity index (χ3n) is 3.88. The van der Waals surface area contributed by atoms with Gasteiger partial charge in [-0.05, 0) is 47.7 Å². The van der Waals surface area contributed by atoms with Crippen molar-refractivity contribution < 1.29 is 14.3 Å². The Morgan fingerprint density at radius 2 is 1.64 bits per heavy atom. The average Bonchev–Trinajstić information content (AvgIpc) is 3.01. The molecule has 4 heteroatoms. The highest BCUT2D eigenvalue weighted by molar-refractivity contribution is 6.04. The zero-order valence-electron chi connectivity index (χ0n) is 15.1. The van der Waals surface area contributed by atoms with Crippen molar-refractivity contribution in [2.24, 2.45) is 5.41 Å². The molecule has 1 N–H and O–H groups in total. The van der Waals surface area contributed by atoms with Crippen LogP contribution in [0.5, 0.6) is 11.5 Å². The minimum Gasteiger partial charge on any atom is -0.454 e. The zero-order valence-corrected chi connectivity index (χ0v) is 15.1. The maximum atomic E-state index is 12.4. The number of nitrogens with one attached hydrogen (secondary N) is 1. The van der Waals surface area contributed by atoms with Crippen LogP contribution in [0.3, 0.4) is 0 Å². The predicted molar refractivity (Wildman–Crippen MR) is 100 cm³/mol. The smallest absolute Gasteiger partial charge is 0.255 e. The van der Waals surface area contributed by atoms with Gasteiger partial charge in [0.25, 0.3) is 5.91 Å². The molecule has 2 aromatic rings. The molecule has 1 heterocycles. The average molecular weight is 337 g/mol. The molecule has 4 nitrogen and oxygen atoms in total. The van der Waals surface area contributed by atoms with E-state index in [1.165, 1.54) is 5.57 Å². The van der Waals surface area contributed by atoms with Gasteiger partial charge in [-0.15, -0.1) is 0 Å². The number of carbonyl (C=O) groups excluding carboxylic acids is 1. The molecule has 0 bridgehead atoms. The molecule has 1 aliphatic heterocycles. The van der Waals surface area contributed by atoms with Crippen LogP contribution in [0.1, 0.15) is 43.6 Å². The fraction of sp³-hybridized carbons (Fsp3) is 0.286. The van der Waals surface area contributed by atoms with Crippen molar-refractivity contribution in [1.82, 2.24) is 0 Å². The first-order valence-electron chi connectivity index (χ1n) is 8.33. The van der Waals surface area contributed by atoms with Gasteiger partial charge in [0.15, 0.2) is 11.5 Å². The third-order valence-corrected chi connectivity index (χ3v) is 3.88. The number of ether oxygens (including phenoxy) is 2. The van der Waals surface area contributed by atoms with E-state index >= 15 is 0 Å². The highest BCUT2D eigenvalue weighted by Crippen LogP contribution is 2.34. The topological polar surface area (TPSA) is 47.6 Å². The van der Waals surface area contributed by atoms with Crippen LogP contribution >= 0.6 is 0 Å².